The zero-order valence-electron chi connectivity index (χ0n) is 13.3. The van der Waals surface area contributed by atoms with Crippen LogP contribution in [0.25, 0.3) is 0 Å². The number of carbonyl (C=O) groups is 2. The van der Waals surface area contributed by atoms with Crippen LogP contribution in [-0.2, 0) is 11.2 Å². The van der Waals surface area contributed by atoms with E-state index in [0.29, 0.717) is 13.0 Å². The Kier molecular flexibility index (Phi) is 5.83. The maximum absolute atomic E-state index is 12.3. The summed E-state index contributed by atoms with van der Waals surface area (Å²) in [5.74, 6) is -0.0825. The zero-order chi connectivity index (χ0) is 16.1. The van der Waals surface area contributed by atoms with Crippen LogP contribution in [0.5, 0.6) is 0 Å². The number of nitrogens with zero attached hydrogens (tertiary/aromatic N) is 1. The van der Waals surface area contributed by atoms with E-state index in [9.17, 15) is 9.59 Å². The molecule has 3 amide bonds. The molecule has 0 radical (unpaired) electrons. The van der Waals surface area contributed by atoms with Crippen LogP contribution in [0.15, 0.2) is 12.1 Å². The molecule has 1 aliphatic rings. The molecule has 1 aromatic heterocycles. The minimum absolute atomic E-state index is 0.0325. The molecule has 1 fully saturated rings. The molecular formula is C16H25N3O2S. The van der Waals surface area contributed by atoms with Gasteiger partial charge in [0.2, 0.25) is 5.91 Å². The van der Waals surface area contributed by atoms with Crippen molar-refractivity contribution in [2.45, 2.75) is 45.6 Å². The number of aryl methyl sites for hydroxylation is 1. The van der Waals surface area contributed by atoms with E-state index >= 15 is 0 Å². The quantitative estimate of drug-likeness (QED) is 0.872. The van der Waals surface area contributed by atoms with Gasteiger partial charge in [-0.25, -0.2) is 4.79 Å². The van der Waals surface area contributed by atoms with E-state index in [1.54, 1.807) is 11.3 Å². The Labute approximate surface area is 135 Å². The lowest BCUT2D eigenvalue weighted by molar-refractivity contribution is -0.119. The van der Waals surface area contributed by atoms with Crippen molar-refractivity contribution in [2.75, 3.05) is 13.1 Å². The van der Waals surface area contributed by atoms with Crippen molar-refractivity contribution < 1.29 is 9.59 Å². The Morgan fingerprint density at radius 3 is 2.91 bits per heavy atom. The second-order valence-corrected chi connectivity index (χ2v) is 7.56. The van der Waals surface area contributed by atoms with Crippen molar-refractivity contribution in [3.05, 3.63) is 21.9 Å². The number of nitrogens with two attached hydrogens (primary N) is 1. The van der Waals surface area contributed by atoms with Gasteiger partial charge in [0.05, 0.1) is 0 Å². The van der Waals surface area contributed by atoms with E-state index in [0.717, 1.165) is 25.8 Å². The highest BCUT2D eigenvalue weighted by molar-refractivity contribution is 7.11. The van der Waals surface area contributed by atoms with Gasteiger partial charge in [-0.1, -0.05) is 0 Å². The Balaban J connectivity index is 1.81. The average molecular weight is 323 g/mol. The molecule has 2 heterocycles. The van der Waals surface area contributed by atoms with Crippen LogP contribution in [0.4, 0.5) is 4.79 Å². The molecule has 122 valence electrons. The lowest BCUT2D eigenvalue weighted by atomic mass is 9.95. The van der Waals surface area contributed by atoms with Gasteiger partial charge in [0.15, 0.2) is 0 Å². The third kappa shape index (κ3) is 5.02. The van der Waals surface area contributed by atoms with Crippen molar-refractivity contribution in [3.63, 3.8) is 0 Å². The normalized spacial score (nSPS) is 19.7. The topological polar surface area (TPSA) is 75.4 Å². The highest BCUT2D eigenvalue weighted by atomic mass is 32.1. The van der Waals surface area contributed by atoms with Gasteiger partial charge in [0, 0.05) is 41.7 Å². The number of amides is 3. The molecule has 3 N–H and O–H groups in total. The number of urea groups is 1. The molecule has 0 saturated carbocycles. The fraction of sp³-hybridized carbons (Fsp3) is 0.625. The highest BCUT2D eigenvalue weighted by Crippen LogP contribution is 2.20. The molecule has 6 heteroatoms. The lowest BCUT2D eigenvalue weighted by Gasteiger charge is -2.33. The summed E-state index contributed by atoms with van der Waals surface area (Å²) < 4.78 is 0. The Bertz CT molecular complexity index is 529. The molecular weight excluding hydrogens is 298 g/mol. The van der Waals surface area contributed by atoms with Gasteiger partial charge in [-0.2, -0.15) is 0 Å². The maximum Gasteiger partial charge on any atom is 0.317 e. The van der Waals surface area contributed by atoms with Crippen LogP contribution >= 0.6 is 11.3 Å². The Hall–Kier alpha value is -1.56. The summed E-state index contributed by atoms with van der Waals surface area (Å²) in [6, 6.07) is 4.29. The second-order valence-electron chi connectivity index (χ2n) is 6.19. The molecule has 2 rings (SSSR count). The monoisotopic (exact) mass is 323 g/mol. The minimum Gasteiger partial charge on any atom is -0.370 e. The number of primary amides is 1. The van der Waals surface area contributed by atoms with Crippen LogP contribution in [0.3, 0.4) is 0 Å². The van der Waals surface area contributed by atoms with Crippen molar-refractivity contribution in [3.8, 4) is 0 Å². The summed E-state index contributed by atoms with van der Waals surface area (Å²) in [4.78, 5) is 27.8. The van der Waals surface area contributed by atoms with E-state index in [2.05, 4.69) is 24.4 Å². The van der Waals surface area contributed by atoms with Crippen molar-refractivity contribution in [2.24, 2.45) is 11.7 Å². The first-order chi connectivity index (χ1) is 10.4. The number of likely N-dealkylation sites (tertiary alicyclic amines) is 1. The molecule has 1 saturated heterocycles. The van der Waals surface area contributed by atoms with Gasteiger partial charge in [0.1, 0.15) is 0 Å². The molecule has 5 nitrogen and oxygen atoms in total. The fourth-order valence-corrected chi connectivity index (χ4v) is 3.97. The standard InChI is InChI=1S/C16H25N3O2S/c1-11(8-14-6-5-12(2)22-14)18-16(21)19-7-3-4-13(10-19)9-15(17)20/h5-6,11,13H,3-4,7-10H2,1-2H3,(H2,17,20)(H,18,21)/t11-,13+/m1/s1. The van der Waals surface area contributed by atoms with E-state index < -0.39 is 0 Å². The third-order valence-corrected chi connectivity index (χ3v) is 4.99. The number of rotatable bonds is 5. The van der Waals surface area contributed by atoms with Crippen molar-refractivity contribution >= 4 is 23.3 Å². The number of carbonyl (C=O) groups excluding carboxylic acids is 2. The molecule has 22 heavy (non-hydrogen) atoms. The molecule has 0 aromatic carbocycles. The van der Waals surface area contributed by atoms with Gasteiger partial charge in [-0.05, 0) is 44.7 Å². The summed E-state index contributed by atoms with van der Waals surface area (Å²) in [5, 5.41) is 3.06. The maximum atomic E-state index is 12.3. The van der Waals surface area contributed by atoms with Gasteiger partial charge < -0.3 is 16.0 Å². The molecule has 0 bridgehead atoms. The Morgan fingerprint density at radius 2 is 2.27 bits per heavy atom. The molecule has 0 unspecified atom stereocenters. The summed E-state index contributed by atoms with van der Waals surface area (Å²) in [6.45, 7) is 5.49. The van der Waals surface area contributed by atoms with Crippen LogP contribution < -0.4 is 11.1 Å². The largest absolute Gasteiger partial charge is 0.370 e. The van der Waals surface area contributed by atoms with E-state index in [4.69, 9.17) is 5.73 Å². The Morgan fingerprint density at radius 1 is 1.50 bits per heavy atom. The van der Waals surface area contributed by atoms with E-state index in [1.165, 1.54) is 9.75 Å². The number of piperidine rings is 1. The van der Waals surface area contributed by atoms with Crippen LogP contribution in [0.2, 0.25) is 0 Å². The summed E-state index contributed by atoms with van der Waals surface area (Å²) in [7, 11) is 0. The second kappa shape index (κ2) is 7.63. The van der Waals surface area contributed by atoms with Crippen molar-refractivity contribution in [1.29, 1.82) is 0 Å². The predicted molar refractivity (Wildman–Crippen MR) is 88.9 cm³/mol. The first-order valence-electron chi connectivity index (χ1n) is 7.83. The number of hydrogen-bond donors (Lipinski definition) is 2. The van der Waals surface area contributed by atoms with Gasteiger partial charge in [-0.15, -0.1) is 11.3 Å². The van der Waals surface area contributed by atoms with Crippen LogP contribution in [-0.4, -0.2) is 36.0 Å². The van der Waals surface area contributed by atoms with Gasteiger partial charge in [-0.3, -0.25) is 4.79 Å². The predicted octanol–water partition coefficient (Wildman–Crippen LogP) is 2.28. The molecule has 1 aromatic rings. The molecule has 0 spiro atoms. The number of thiophene rings is 1. The van der Waals surface area contributed by atoms with E-state index in [-0.39, 0.29) is 23.9 Å². The third-order valence-electron chi connectivity index (χ3n) is 3.97. The SMILES string of the molecule is Cc1ccc(C[C@@H](C)NC(=O)N2CCC[C@@H](CC(N)=O)C2)s1. The van der Waals surface area contributed by atoms with Gasteiger partial charge >= 0.3 is 6.03 Å². The van der Waals surface area contributed by atoms with Gasteiger partial charge in [0.25, 0.3) is 0 Å². The first kappa shape index (κ1) is 16.8. The minimum atomic E-state index is -0.284. The first-order valence-corrected chi connectivity index (χ1v) is 8.64. The number of hydrogen-bond acceptors (Lipinski definition) is 3. The van der Waals surface area contributed by atoms with Crippen LogP contribution in [0.1, 0.15) is 35.9 Å². The van der Waals surface area contributed by atoms with Crippen molar-refractivity contribution in [1.82, 2.24) is 10.2 Å². The van der Waals surface area contributed by atoms with E-state index in [1.807, 2.05) is 11.8 Å². The summed E-state index contributed by atoms with van der Waals surface area (Å²) in [5.41, 5.74) is 5.26. The molecule has 2 atom stereocenters. The number of nitrogens with one attached hydrogen (secondary N) is 1. The highest BCUT2D eigenvalue weighted by Gasteiger charge is 2.25. The fourth-order valence-electron chi connectivity index (χ4n) is 2.95. The summed E-state index contributed by atoms with van der Waals surface area (Å²) >= 11 is 1.77. The molecule has 1 aliphatic heterocycles. The molecule has 0 aliphatic carbocycles. The lowest BCUT2D eigenvalue weighted by Crippen LogP contribution is -2.48. The van der Waals surface area contributed by atoms with Crippen LogP contribution in [0, 0.1) is 12.8 Å². The smallest absolute Gasteiger partial charge is 0.317 e. The summed E-state index contributed by atoms with van der Waals surface area (Å²) in [6.07, 6.45) is 3.12. The average Bonchev–Trinajstić information content (AvgIpc) is 2.83. The zero-order valence-corrected chi connectivity index (χ0v) is 14.1.